The van der Waals surface area contributed by atoms with Crippen LogP contribution in [0.4, 0.5) is 0 Å². The van der Waals surface area contributed by atoms with Crippen molar-refractivity contribution in [2.75, 3.05) is 0 Å². The molecule has 0 saturated heterocycles. The Morgan fingerprint density at radius 2 is 2.06 bits per heavy atom. The van der Waals surface area contributed by atoms with Crippen molar-refractivity contribution in [3.8, 4) is 0 Å². The van der Waals surface area contributed by atoms with Crippen LogP contribution in [0.2, 0.25) is 0 Å². The highest BCUT2D eigenvalue weighted by molar-refractivity contribution is 6.23. The molecule has 0 heterocycles. The molecule has 2 bridgehead atoms. The molecule has 0 spiro atoms. The average molecular weight is 241 g/mol. The fourth-order valence-corrected chi connectivity index (χ4v) is 3.79. The van der Waals surface area contributed by atoms with Crippen LogP contribution in [0.1, 0.15) is 59.8 Å². The maximum atomic E-state index is 6.24. The van der Waals surface area contributed by atoms with E-state index in [0.717, 1.165) is 24.7 Å². The van der Waals surface area contributed by atoms with E-state index in [2.05, 4.69) is 33.8 Å². The van der Waals surface area contributed by atoms with Crippen molar-refractivity contribution >= 4 is 11.6 Å². The summed E-state index contributed by atoms with van der Waals surface area (Å²) in [7, 11) is 0. The van der Waals surface area contributed by atoms with Crippen molar-refractivity contribution in [3.63, 3.8) is 0 Å². The second kappa shape index (κ2) is 4.05. The number of fused-ring (bicyclic) bond motifs is 2. The van der Waals surface area contributed by atoms with E-state index >= 15 is 0 Å². The normalized spacial score (nSPS) is 34.9. The van der Waals surface area contributed by atoms with Gasteiger partial charge in [-0.25, -0.2) is 0 Å². The third kappa shape index (κ3) is 2.32. The Morgan fingerprint density at radius 3 is 2.56 bits per heavy atom. The molecule has 2 fully saturated rings. The highest BCUT2D eigenvalue weighted by Gasteiger charge is 2.48. The van der Waals surface area contributed by atoms with Gasteiger partial charge in [-0.1, -0.05) is 25.5 Å². The third-order valence-electron chi connectivity index (χ3n) is 4.74. The van der Waals surface area contributed by atoms with Crippen molar-refractivity contribution < 1.29 is 0 Å². The molecule has 2 atom stereocenters. The molecule has 16 heavy (non-hydrogen) atoms. The maximum absolute atomic E-state index is 6.24. The monoisotopic (exact) mass is 240 g/mol. The van der Waals surface area contributed by atoms with Crippen molar-refractivity contribution in [1.29, 1.82) is 0 Å². The Hall–Kier alpha value is 0.0300. The van der Waals surface area contributed by atoms with E-state index in [9.17, 15) is 0 Å². The maximum Gasteiger partial charge on any atom is 0.0393 e. The largest absolute Gasteiger partial charge is 0.120 e. The molecule has 0 nitrogen and oxygen atoms in total. The van der Waals surface area contributed by atoms with Gasteiger partial charge in [-0.05, 0) is 63.2 Å². The molecular formula is C15H25Cl. The Balaban J connectivity index is 2.01. The van der Waals surface area contributed by atoms with E-state index < -0.39 is 0 Å². The summed E-state index contributed by atoms with van der Waals surface area (Å²) in [4.78, 5) is -0.0428. The smallest absolute Gasteiger partial charge is 0.0393 e. The van der Waals surface area contributed by atoms with Crippen LogP contribution in [-0.4, -0.2) is 4.87 Å². The second-order valence-corrected chi connectivity index (χ2v) is 7.87. The van der Waals surface area contributed by atoms with E-state index in [0.29, 0.717) is 5.41 Å². The summed E-state index contributed by atoms with van der Waals surface area (Å²) in [5.74, 6) is 1.85. The van der Waals surface area contributed by atoms with E-state index in [-0.39, 0.29) is 4.87 Å². The lowest BCUT2D eigenvalue weighted by Gasteiger charge is -2.33. The minimum absolute atomic E-state index is 0.0428. The lowest BCUT2D eigenvalue weighted by molar-refractivity contribution is 0.287. The van der Waals surface area contributed by atoms with Crippen molar-refractivity contribution in [1.82, 2.24) is 0 Å². The zero-order valence-electron chi connectivity index (χ0n) is 11.1. The van der Waals surface area contributed by atoms with Gasteiger partial charge in [0.15, 0.2) is 0 Å². The molecule has 0 aromatic carbocycles. The summed E-state index contributed by atoms with van der Waals surface area (Å²) in [6.07, 6.45) is 9.08. The SMILES string of the molecule is CC(C)(Cl)CC/C=C1\[C@@H]2CC[C@@H](C2)C1(C)C. The molecule has 0 radical (unpaired) electrons. The zero-order valence-corrected chi connectivity index (χ0v) is 11.9. The first kappa shape index (κ1) is 12.5. The van der Waals surface area contributed by atoms with Gasteiger partial charge in [0, 0.05) is 4.87 Å². The van der Waals surface area contributed by atoms with Gasteiger partial charge in [-0.3, -0.25) is 0 Å². The highest BCUT2D eigenvalue weighted by atomic mass is 35.5. The van der Waals surface area contributed by atoms with E-state index in [4.69, 9.17) is 11.6 Å². The van der Waals surface area contributed by atoms with Gasteiger partial charge in [0.2, 0.25) is 0 Å². The van der Waals surface area contributed by atoms with Crippen LogP contribution in [0.15, 0.2) is 11.6 Å². The average Bonchev–Trinajstić information content (AvgIpc) is 2.65. The van der Waals surface area contributed by atoms with Crippen LogP contribution in [0.25, 0.3) is 0 Å². The van der Waals surface area contributed by atoms with Crippen molar-refractivity contribution in [3.05, 3.63) is 11.6 Å². The Bertz CT molecular complexity index is 293. The first-order valence-electron chi connectivity index (χ1n) is 6.70. The first-order valence-corrected chi connectivity index (χ1v) is 7.08. The Morgan fingerprint density at radius 1 is 1.38 bits per heavy atom. The van der Waals surface area contributed by atoms with Crippen LogP contribution in [0, 0.1) is 17.3 Å². The fourth-order valence-electron chi connectivity index (χ4n) is 3.68. The number of hydrogen-bond acceptors (Lipinski definition) is 0. The minimum Gasteiger partial charge on any atom is -0.120 e. The van der Waals surface area contributed by atoms with Crippen molar-refractivity contribution in [2.24, 2.45) is 17.3 Å². The molecular weight excluding hydrogens is 216 g/mol. The van der Waals surface area contributed by atoms with Gasteiger partial charge < -0.3 is 0 Å². The number of hydrogen-bond donors (Lipinski definition) is 0. The minimum atomic E-state index is -0.0428. The van der Waals surface area contributed by atoms with Crippen molar-refractivity contribution in [2.45, 2.75) is 64.7 Å². The Kier molecular flexibility index (Phi) is 3.16. The van der Waals surface area contributed by atoms with Crippen LogP contribution >= 0.6 is 11.6 Å². The summed E-state index contributed by atoms with van der Waals surface area (Å²) in [5, 5.41) is 0. The molecule has 2 rings (SSSR count). The van der Waals surface area contributed by atoms with E-state index in [1.54, 1.807) is 5.57 Å². The molecule has 0 aromatic rings. The predicted molar refractivity (Wildman–Crippen MR) is 71.9 cm³/mol. The summed E-state index contributed by atoms with van der Waals surface area (Å²) in [5.41, 5.74) is 2.21. The summed E-state index contributed by atoms with van der Waals surface area (Å²) in [6, 6.07) is 0. The molecule has 0 amide bonds. The predicted octanol–water partition coefficient (Wildman–Crippen LogP) is 5.17. The molecule has 2 aliphatic carbocycles. The summed E-state index contributed by atoms with van der Waals surface area (Å²) >= 11 is 6.24. The number of rotatable bonds is 3. The van der Waals surface area contributed by atoms with E-state index in [1.165, 1.54) is 19.3 Å². The van der Waals surface area contributed by atoms with Gasteiger partial charge in [0.05, 0.1) is 0 Å². The van der Waals surface area contributed by atoms with Crippen LogP contribution in [-0.2, 0) is 0 Å². The van der Waals surface area contributed by atoms with Gasteiger partial charge in [-0.15, -0.1) is 11.6 Å². The lowest BCUT2D eigenvalue weighted by Crippen LogP contribution is -2.23. The molecule has 0 unspecified atom stereocenters. The van der Waals surface area contributed by atoms with E-state index in [1.807, 2.05) is 0 Å². The standard InChI is InChI=1S/C15H25Cl/c1-14(2,16)9-5-6-13-11-7-8-12(10-11)15(13,3)4/h6,11-12H,5,7-10H2,1-4H3/b13-6+/t11-,12+/m1/s1. The highest BCUT2D eigenvalue weighted by Crippen LogP contribution is 2.59. The summed E-state index contributed by atoms with van der Waals surface area (Å²) < 4.78 is 0. The zero-order chi connectivity index (χ0) is 12.0. The first-order chi connectivity index (χ1) is 7.31. The quantitative estimate of drug-likeness (QED) is 0.472. The topological polar surface area (TPSA) is 0 Å². The van der Waals surface area contributed by atoms with Gasteiger partial charge in [0.1, 0.15) is 0 Å². The molecule has 2 aliphatic rings. The lowest BCUT2D eigenvalue weighted by atomic mass is 9.72. The Labute approximate surface area is 105 Å². The van der Waals surface area contributed by atoms with Crippen LogP contribution in [0.3, 0.4) is 0 Å². The number of allylic oxidation sites excluding steroid dienone is 2. The molecule has 0 aliphatic heterocycles. The fraction of sp³-hybridized carbons (Fsp3) is 0.867. The molecule has 0 aromatic heterocycles. The number of halogens is 1. The summed E-state index contributed by atoms with van der Waals surface area (Å²) in [6.45, 7) is 9.10. The van der Waals surface area contributed by atoms with Gasteiger partial charge in [-0.2, -0.15) is 0 Å². The number of alkyl halides is 1. The molecule has 92 valence electrons. The van der Waals surface area contributed by atoms with Crippen LogP contribution in [0.5, 0.6) is 0 Å². The third-order valence-corrected chi connectivity index (χ3v) is 4.93. The van der Waals surface area contributed by atoms with Gasteiger partial charge >= 0.3 is 0 Å². The second-order valence-electron chi connectivity index (χ2n) is 6.85. The molecule has 2 saturated carbocycles. The van der Waals surface area contributed by atoms with Crippen LogP contribution < -0.4 is 0 Å². The molecule has 0 N–H and O–H groups in total. The van der Waals surface area contributed by atoms with Gasteiger partial charge in [0.25, 0.3) is 0 Å². The molecule has 1 heteroatoms.